The van der Waals surface area contributed by atoms with Crippen molar-refractivity contribution in [1.29, 1.82) is 0 Å². The van der Waals surface area contributed by atoms with Gasteiger partial charge in [0.1, 0.15) is 0 Å². The summed E-state index contributed by atoms with van der Waals surface area (Å²) in [5, 5.41) is 3.48. The van der Waals surface area contributed by atoms with Gasteiger partial charge in [-0.05, 0) is 58.1 Å². The molecular weight excluding hydrogens is 218 g/mol. The van der Waals surface area contributed by atoms with Crippen molar-refractivity contribution < 1.29 is 0 Å². The Kier molecular flexibility index (Phi) is 5.00. The van der Waals surface area contributed by atoms with Crippen LogP contribution >= 0.6 is 0 Å². The van der Waals surface area contributed by atoms with E-state index in [2.05, 4.69) is 49.6 Å². The molecule has 0 radical (unpaired) electrons. The lowest BCUT2D eigenvalue weighted by molar-refractivity contribution is 0.532. The molecule has 0 aliphatic heterocycles. The van der Waals surface area contributed by atoms with Gasteiger partial charge in [0.05, 0.1) is 0 Å². The molecule has 1 nitrogen and oxygen atoms in total. The molecule has 1 heteroatoms. The Morgan fingerprint density at radius 3 is 2.78 bits per heavy atom. The maximum Gasteiger partial charge on any atom is 0.0142 e. The molecule has 98 valence electrons. The van der Waals surface area contributed by atoms with Crippen molar-refractivity contribution in [3.8, 4) is 0 Å². The lowest BCUT2D eigenvalue weighted by atomic mass is 9.91. The Balaban J connectivity index is 1.94. The fourth-order valence-corrected chi connectivity index (χ4v) is 2.81. The standard InChI is InChI=1S/C17H25N/c1-14-7-6-10-16(11-14)13-17(18-2)12-15-8-4-3-5-9-15/h6-8,10-11,17-18H,3-5,9,12-13H2,1-2H3. The summed E-state index contributed by atoms with van der Waals surface area (Å²) in [5.74, 6) is 0. The van der Waals surface area contributed by atoms with Gasteiger partial charge in [-0.15, -0.1) is 0 Å². The molecule has 18 heavy (non-hydrogen) atoms. The highest BCUT2D eigenvalue weighted by Gasteiger charge is 2.12. The number of hydrogen-bond acceptors (Lipinski definition) is 1. The van der Waals surface area contributed by atoms with Gasteiger partial charge < -0.3 is 5.32 Å². The van der Waals surface area contributed by atoms with Crippen LogP contribution in [0.4, 0.5) is 0 Å². The summed E-state index contributed by atoms with van der Waals surface area (Å²) in [7, 11) is 2.09. The second-order valence-electron chi connectivity index (χ2n) is 5.49. The SMILES string of the molecule is CNC(CC1=CCCCC1)Cc1cccc(C)c1. The molecule has 0 saturated carbocycles. The van der Waals surface area contributed by atoms with Crippen molar-refractivity contribution in [1.82, 2.24) is 5.32 Å². The first-order valence-corrected chi connectivity index (χ1v) is 7.18. The molecule has 1 aliphatic carbocycles. The first kappa shape index (κ1) is 13.4. The summed E-state index contributed by atoms with van der Waals surface area (Å²) < 4.78 is 0. The van der Waals surface area contributed by atoms with E-state index in [1.54, 1.807) is 5.57 Å². The predicted octanol–water partition coefficient (Wildman–Crippen LogP) is 4.02. The van der Waals surface area contributed by atoms with E-state index < -0.39 is 0 Å². The Morgan fingerprint density at radius 2 is 2.11 bits per heavy atom. The lowest BCUT2D eigenvalue weighted by Crippen LogP contribution is -2.28. The van der Waals surface area contributed by atoms with Gasteiger partial charge in [0.2, 0.25) is 0 Å². The summed E-state index contributed by atoms with van der Waals surface area (Å²) >= 11 is 0. The highest BCUT2D eigenvalue weighted by molar-refractivity contribution is 5.23. The maximum atomic E-state index is 3.48. The summed E-state index contributed by atoms with van der Waals surface area (Å²) in [6.07, 6.45) is 10.2. The van der Waals surface area contributed by atoms with Crippen LogP contribution < -0.4 is 5.32 Å². The molecule has 2 rings (SSSR count). The molecule has 1 atom stereocenters. The molecule has 1 N–H and O–H groups in total. The van der Waals surface area contributed by atoms with Crippen LogP contribution in [0, 0.1) is 6.92 Å². The summed E-state index contributed by atoms with van der Waals surface area (Å²) in [4.78, 5) is 0. The predicted molar refractivity (Wildman–Crippen MR) is 78.9 cm³/mol. The van der Waals surface area contributed by atoms with Gasteiger partial charge in [-0.3, -0.25) is 0 Å². The molecule has 1 aromatic carbocycles. The van der Waals surface area contributed by atoms with Gasteiger partial charge in [0.15, 0.2) is 0 Å². The minimum atomic E-state index is 0.580. The third kappa shape index (κ3) is 3.99. The van der Waals surface area contributed by atoms with Gasteiger partial charge in [-0.2, -0.15) is 0 Å². The molecule has 1 aliphatic rings. The first-order chi connectivity index (χ1) is 8.78. The molecule has 1 unspecified atom stereocenters. The van der Waals surface area contributed by atoms with Crippen molar-refractivity contribution in [3.63, 3.8) is 0 Å². The van der Waals surface area contributed by atoms with E-state index >= 15 is 0 Å². The second kappa shape index (κ2) is 6.75. The van der Waals surface area contributed by atoms with E-state index in [4.69, 9.17) is 0 Å². The molecule has 0 aromatic heterocycles. The molecule has 0 spiro atoms. The van der Waals surface area contributed by atoms with Gasteiger partial charge >= 0.3 is 0 Å². The maximum absolute atomic E-state index is 3.48. The first-order valence-electron chi connectivity index (χ1n) is 7.18. The summed E-state index contributed by atoms with van der Waals surface area (Å²) in [6.45, 7) is 2.17. The number of rotatable bonds is 5. The Morgan fingerprint density at radius 1 is 1.22 bits per heavy atom. The van der Waals surface area contributed by atoms with Crippen LogP contribution in [-0.2, 0) is 6.42 Å². The van der Waals surface area contributed by atoms with Gasteiger partial charge in [0, 0.05) is 6.04 Å². The minimum absolute atomic E-state index is 0.580. The zero-order valence-corrected chi connectivity index (χ0v) is 11.7. The molecular formula is C17H25N. The third-order valence-electron chi connectivity index (χ3n) is 3.87. The molecule has 0 saturated heterocycles. The largest absolute Gasteiger partial charge is 0.316 e. The number of likely N-dealkylation sites (N-methyl/N-ethyl adjacent to an activating group) is 1. The van der Waals surface area contributed by atoms with Crippen LogP contribution in [0.2, 0.25) is 0 Å². The van der Waals surface area contributed by atoms with Gasteiger partial charge in [-0.25, -0.2) is 0 Å². The van der Waals surface area contributed by atoms with E-state index in [0.717, 1.165) is 6.42 Å². The molecule has 0 heterocycles. The fraction of sp³-hybridized carbons (Fsp3) is 0.529. The smallest absolute Gasteiger partial charge is 0.0142 e. The highest BCUT2D eigenvalue weighted by atomic mass is 14.9. The Bertz CT molecular complexity index is 406. The summed E-state index contributed by atoms with van der Waals surface area (Å²) in [6, 6.07) is 9.46. The molecule has 0 amide bonds. The Labute approximate surface area is 111 Å². The lowest BCUT2D eigenvalue weighted by Gasteiger charge is -2.20. The number of allylic oxidation sites excluding steroid dienone is 1. The van der Waals surface area contributed by atoms with Crippen LogP contribution in [0.1, 0.15) is 43.2 Å². The average Bonchev–Trinajstić information content (AvgIpc) is 2.39. The topological polar surface area (TPSA) is 12.0 Å². The normalized spacial score (nSPS) is 17.3. The quantitative estimate of drug-likeness (QED) is 0.770. The number of benzene rings is 1. The Hall–Kier alpha value is -1.08. The van der Waals surface area contributed by atoms with Crippen LogP contribution in [0.25, 0.3) is 0 Å². The fourth-order valence-electron chi connectivity index (χ4n) is 2.81. The van der Waals surface area contributed by atoms with Crippen molar-refractivity contribution in [2.75, 3.05) is 7.05 Å². The molecule has 1 aromatic rings. The van der Waals surface area contributed by atoms with Crippen molar-refractivity contribution in [3.05, 3.63) is 47.0 Å². The number of hydrogen-bond donors (Lipinski definition) is 1. The third-order valence-corrected chi connectivity index (χ3v) is 3.87. The van der Waals surface area contributed by atoms with Crippen LogP contribution in [0.3, 0.4) is 0 Å². The number of nitrogens with one attached hydrogen (secondary N) is 1. The zero-order valence-electron chi connectivity index (χ0n) is 11.7. The van der Waals surface area contributed by atoms with Crippen molar-refractivity contribution >= 4 is 0 Å². The van der Waals surface area contributed by atoms with Crippen molar-refractivity contribution in [2.24, 2.45) is 0 Å². The average molecular weight is 243 g/mol. The molecule has 0 bridgehead atoms. The van der Waals surface area contributed by atoms with Gasteiger partial charge in [0.25, 0.3) is 0 Å². The molecule has 0 fully saturated rings. The summed E-state index contributed by atoms with van der Waals surface area (Å²) in [5.41, 5.74) is 4.47. The highest BCUT2D eigenvalue weighted by Crippen LogP contribution is 2.22. The van der Waals surface area contributed by atoms with Crippen molar-refractivity contribution in [2.45, 2.75) is 51.5 Å². The van der Waals surface area contributed by atoms with E-state index in [1.165, 1.54) is 43.2 Å². The van der Waals surface area contributed by atoms with E-state index in [-0.39, 0.29) is 0 Å². The van der Waals surface area contributed by atoms with Crippen LogP contribution in [0.5, 0.6) is 0 Å². The van der Waals surface area contributed by atoms with E-state index in [0.29, 0.717) is 6.04 Å². The second-order valence-corrected chi connectivity index (χ2v) is 5.49. The van der Waals surface area contributed by atoms with Gasteiger partial charge in [-0.1, -0.05) is 41.5 Å². The van der Waals surface area contributed by atoms with E-state index in [1.807, 2.05) is 0 Å². The zero-order chi connectivity index (χ0) is 12.8. The van der Waals surface area contributed by atoms with Crippen LogP contribution in [-0.4, -0.2) is 13.1 Å². The number of aryl methyl sites for hydroxylation is 1. The van der Waals surface area contributed by atoms with E-state index in [9.17, 15) is 0 Å². The minimum Gasteiger partial charge on any atom is -0.316 e. The van der Waals surface area contributed by atoms with Crippen LogP contribution in [0.15, 0.2) is 35.9 Å². The monoisotopic (exact) mass is 243 g/mol.